The predicted octanol–water partition coefficient (Wildman–Crippen LogP) is 3.32. The minimum absolute atomic E-state index is 0.163. The van der Waals surface area contributed by atoms with E-state index < -0.39 is 24.5 Å². The Balaban J connectivity index is 1.66. The van der Waals surface area contributed by atoms with Gasteiger partial charge < -0.3 is 10.1 Å². The lowest BCUT2D eigenvalue weighted by Gasteiger charge is -2.16. The quantitative estimate of drug-likeness (QED) is 0.611. The van der Waals surface area contributed by atoms with E-state index in [4.69, 9.17) is 4.74 Å². The predicted molar refractivity (Wildman–Crippen MR) is 114 cm³/mol. The second-order valence-corrected chi connectivity index (χ2v) is 7.21. The van der Waals surface area contributed by atoms with E-state index in [1.165, 1.54) is 6.92 Å². The first-order valence-electron chi connectivity index (χ1n) is 9.73. The number of fused-ring (bicyclic) bond motifs is 1. The van der Waals surface area contributed by atoms with Crippen LogP contribution in [0.2, 0.25) is 0 Å². The first-order chi connectivity index (χ1) is 14.4. The number of amides is 1. The molecule has 0 saturated carbocycles. The van der Waals surface area contributed by atoms with Crippen molar-refractivity contribution in [2.45, 2.75) is 33.2 Å². The molecule has 6 heteroatoms. The van der Waals surface area contributed by atoms with Crippen LogP contribution in [0.25, 0.3) is 10.9 Å². The molecule has 0 saturated heterocycles. The van der Waals surface area contributed by atoms with E-state index in [1.807, 2.05) is 61.5 Å². The number of hydrogen-bond donors (Lipinski definition) is 1. The molecule has 0 spiro atoms. The van der Waals surface area contributed by atoms with E-state index in [0.717, 1.165) is 22.0 Å². The minimum Gasteiger partial charge on any atom is -0.452 e. The zero-order chi connectivity index (χ0) is 21.7. The summed E-state index contributed by atoms with van der Waals surface area (Å²) in [6, 6.07) is 16.3. The Kier molecular flexibility index (Phi) is 6.57. The van der Waals surface area contributed by atoms with E-state index >= 15 is 0 Å². The number of aryl methyl sites for hydroxylation is 2. The van der Waals surface area contributed by atoms with Crippen molar-refractivity contribution in [1.82, 2.24) is 10.3 Å². The number of para-hydroxylation sites is 1. The number of ketones is 1. The molecular weight excluding hydrogens is 380 g/mol. The Hall–Kier alpha value is -3.54. The number of nitrogens with one attached hydrogen (secondary N) is 1. The first-order valence-corrected chi connectivity index (χ1v) is 9.73. The fourth-order valence-electron chi connectivity index (χ4n) is 3.42. The fraction of sp³-hybridized carbons (Fsp3) is 0.250. The number of carbonyl (C=O) groups is 3. The van der Waals surface area contributed by atoms with Crippen LogP contribution in [0.5, 0.6) is 0 Å². The van der Waals surface area contributed by atoms with Gasteiger partial charge in [-0.1, -0.05) is 48.5 Å². The van der Waals surface area contributed by atoms with Gasteiger partial charge in [0.25, 0.3) is 5.91 Å². The van der Waals surface area contributed by atoms with Gasteiger partial charge in [-0.15, -0.1) is 0 Å². The smallest absolute Gasteiger partial charge is 0.340 e. The van der Waals surface area contributed by atoms with Gasteiger partial charge in [0.1, 0.15) is 0 Å². The second-order valence-electron chi connectivity index (χ2n) is 7.21. The Morgan fingerprint density at radius 1 is 1.00 bits per heavy atom. The second kappa shape index (κ2) is 9.31. The number of aromatic nitrogens is 1. The third-order valence-corrected chi connectivity index (χ3v) is 4.98. The zero-order valence-electron chi connectivity index (χ0n) is 17.3. The number of benzene rings is 2. The van der Waals surface area contributed by atoms with Gasteiger partial charge in [-0.25, -0.2) is 4.79 Å². The van der Waals surface area contributed by atoms with Crippen molar-refractivity contribution < 1.29 is 19.1 Å². The average Bonchev–Trinajstić information content (AvgIpc) is 2.72. The van der Waals surface area contributed by atoms with E-state index in [-0.39, 0.29) is 5.78 Å². The van der Waals surface area contributed by atoms with Gasteiger partial charge in [-0.3, -0.25) is 14.6 Å². The molecule has 1 amide bonds. The number of hydrogen-bond acceptors (Lipinski definition) is 5. The molecule has 0 aliphatic heterocycles. The highest BCUT2D eigenvalue weighted by Crippen LogP contribution is 2.23. The van der Waals surface area contributed by atoms with E-state index in [9.17, 15) is 14.4 Å². The summed E-state index contributed by atoms with van der Waals surface area (Å²) >= 11 is 0. The Labute approximate surface area is 175 Å². The molecule has 0 fully saturated rings. The molecule has 1 heterocycles. The van der Waals surface area contributed by atoms with Crippen molar-refractivity contribution >= 4 is 28.6 Å². The van der Waals surface area contributed by atoms with Crippen molar-refractivity contribution in [3.63, 3.8) is 0 Å². The summed E-state index contributed by atoms with van der Waals surface area (Å²) in [6.07, 6.45) is 0.378. The topological polar surface area (TPSA) is 85.4 Å². The summed E-state index contributed by atoms with van der Waals surface area (Å²) in [5.41, 5.74) is 3.39. The summed E-state index contributed by atoms with van der Waals surface area (Å²) in [6.45, 7) is 4.53. The molecule has 0 bridgehead atoms. The van der Waals surface area contributed by atoms with Gasteiger partial charge in [0.15, 0.2) is 12.4 Å². The minimum atomic E-state index is -0.676. The van der Waals surface area contributed by atoms with Crippen molar-refractivity contribution in [3.05, 3.63) is 77.0 Å². The Bertz CT molecular complexity index is 1090. The molecule has 0 aliphatic carbocycles. The first kappa shape index (κ1) is 21.2. The highest BCUT2D eigenvalue weighted by molar-refractivity contribution is 5.99. The van der Waals surface area contributed by atoms with Gasteiger partial charge in [0, 0.05) is 5.39 Å². The van der Waals surface area contributed by atoms with Crippen LogP contribution in [0.1, 0.15) is 34.1 Å². The Morgan fingerprint density at radius 2 is 1.67 bits per heavy atom. The van der Waals surface area contributed by atoms with E-state index in [1.54, 1.807) is 6.92 Å². The van der Waals surface area contributed by atoms with Crippen LogP contribution in [0.3, 0.4) is 0 Å². The fourth-order valence-corrected chi connectivity index (χ4v) is 3.42. The van der Waals surface area contributed by atoms with Crippen molar-refractivity contribution in [1.29, 1.82) is 0 Å². The highest BCUT2D eigenvalue weighted by Gasteiger charge is 2.21. The molecule has 0 radical (unpaired) electrons. The maximum absolute atomic E-state index is 12.6. The van der Waals surface area contributed by atoms with Gasteiger partial charge in [0.2, 0.25) is 0 Å². The van der Waals surface area contributed by atoms with Crippen LogP contribution < -0.4 is 5.32 Å². The number of Topliss-reactive ketones (excluding diaryl/α,β-unsaturated/α-hetero) is 1. The molecule has 3 aromatic rings. The lowest BCUT2D eigenvalue weighted by molar-refractivity contribution is -0.128. The van der Waals surface area contributed by atoms with E-state index in [0.29, 0.717) is 17.7 Å². The normalized spacial score (nSPS) is 11.7. The molecule has 1 aromatic heterocycles. The summed E-state index contributed by atoms with van der Waals surface area (Å²) in [7, 11) is 0. The van der Waals surface area contributed by atoms with Crippen LogP contribution in [0.15, 0.2) is 54.6 Å². The summed E-state index contributed by atoms with van der Waals surface area (Å²) in [5.74, 6) is -1.30. The molecule has 3 rings (SSSR count). The van der Waals surface area contributed by atoms with Gasteiger partial charge in [-0.05, 0) is 44.4 Å². The molecule has 2 aromatic carbocycles. The van der Waals surface area contributed by atoms with Gasteiger partial charge in [-0.2, -0.15) is 0 Å². The number of esters is 1. The van der Waals surface area contributed by atoms with Crippen molar-refractivity contribution in [2.24, 2.45) is 0 Å². The lowest BCUT2D eigenvalue weighted by Crippen LogP contribution is -2.43. The van der Waals surface area contributed by atoms with Crippen LogP contribution in [0, 0.1) is 13.8 Å². The lowest BCUT2D eigenvalue weighted by atomic mass is 10.0. The SMILES string of the molecule is CC(=O)C(Cc1ccccc1)NC(=O)COC(=O)c1c(C)nc2ccccc2c1C. The number of rotatable bonds is 7. The average molecular weight is 404 g/mol. The molecule has 1 atom stereocenters. The molecule has 1 unspecified atom stereocenters. The monoisotopic (exact) mass is 404 g/mol. The molecule has 154 valence electrons. The standard InChI is InChI=1S/C24H24N2O4/c1-15-19-11-7-8-12-20(19)25-16(2)23(15)24(29)30-14-22(28)26-21(17(3)27)13-18-9-5-4-6-10-18/h4-12,21H,13-14H2,1-3H3,(H,26,28). The number of ether oxygens (including phenoxy) is 1. The largest absolute Gasteiger partial charge is 0.452 e. The third kappa shape index (κ3) is 4.89. The maximum atomic E-state index is 12.6. The number of carbonyl (C=O) groups excluding carboxylic acids is 3. The summed E-state index contributed by atoms with van der Waals surface area (Å²) in [4.78, 5) is 41.3. The van der Waals surface area contributed by atoms with Crippen LogP contribution in [-0.2, 0) is 20.7 Å². The van der Waals surface area contributed by atoms with Crippen LogP contribution in [0.4, 0.5) is 0 Å². The third-order valence-electron chi connectivity index (χ3n) is 4.98. The summed E-state index contributed by atoms with van der Waals surface area (Å²) < 4.78 is 5.23. The van der Waals surface area contributed by atoms with Crippen molar-refractivity contribution in [2.75, 3.05) is 6.61 Å². The van der Waals surface area contributed by atoms with E-state index in [2.05, 4.69) is 10.3 Å². The van der Waals surface area contributed by atoms with Crippen LogP contribution in [-0.4, -0.2) is 35.3 Å². The van der Waals surface area contributed by atoms with Gasteiger partial charge >= 0.3 is 5.97 Å². The highest BCUT2D eigenvalue weighted by atomic mass is 16.5. The summed E-state index contributed by atoms with van der Waals surface area (Å²) in [5, 5.41) is 3.51. The molecule has 1 N–H and O–H groups in total. The van der Waals surface area contributed by atoms with Crippen LogP contribution >= 0.6 is 0 Å². The number of pyridine rings is 1. The maximum Gasteiger partial charge on any atom is 0.340 e. The van der Waals surface area contributed by atoms with Crippen molar-refractivity contribution in [3.8, 4) is 0 Å². The number of nitrogens with zero attached hydrogens (tertiary/aromatic N) is 1. The Morgan fingerprint density at radius 3 is 2.37 bits per heavy atom. The zero-order valence-corrected chi connectivity index (χ0v) is 17.3. The molecule has 0 aliphatic rings. The molecule has 6 nitrogen and oxygen atoms in total. The van der Waals surface area contributed by atoms with Gasteiger partial charge in [0.05, 0.1) is 22.8 Å². The molecule has 30 heavy (non-hydrogen) atoms. The molecular formula is C24H24N2O4.